The Morgan fingerprint density at radius 2 is 1.81 bits per heavy atom. The summed E-state index contributed by atoms with van der Waals surface area (Å²) in [7, 11) is -3.68. The van der Waals surface area contributed by atoms with Crippen molar-refractivity contribution in [3.8, 4) is 5.75 Å². The van der Waals surface area contributed by atoms with Gasteiger partial charge in [0, 0.05) is 17.1 Å². The molecule has 0 unspecified atom stereocenters. The van der Waals surface area contributed by atoms with Crippen molar-refractivity contribution >= 4 is 39.9 Å². The molecule has 2 aromatic carbocycles. The van der Waals surface area contributed by atoms with Crippen LogP contribution >= 0.6 is 24.0 Å². The Balaban J connectivity index is 0.00000364. The molecule has 0 radical (unpaired) electrons. The summed E-state index contributed by atoms with van der Waals surface area (Å²) < 4.78 is 27.8. The first-order chi connectivity index (χ1) is 12.3. The van der Waals surface area contributed by atoms with Gasteiger partial charge in [-0.15, -0.1) is 12.4 Å². The molecule has 10 heteroatoms. The van der Waals surface area contributed by atoms with Crippen LogP contribution in [0.25, 0.3) is 0 Å². The summed E-state index contributed by atoms with van der Waals surface area (Å²) in [6.45, 7) is 0.936. The summed E-state index contributed by atoms with van der Waals surface area (Å²) in [5.41, 5.74) is 6.87. The van der Waals surface area contributed by atoms with Crippen molar-refractivity contribution < 1.29 is 17.9 Å². The molecule has 0 saturated carbocycles. The third-order valence-corrected chi connectivity index (χ3v) is 4.71. The molecule has 0 aliphatic rings. The van der Waals surface area contributed by atoms with Gasteiger partial charge in [-0.25, -0.2) is 13.6 Å². The van der Waals surface area contributed by atoms with Crippen molar-refractivity contribution in [1.82, 2.24) is 5.32 Å². The predicted octanol–water partition coefficient (Wildman–Crippen LogP) is 1.61. The molecule has 0 saturated heterocycles. The van der Waals surface area contributed by atoms with Gasteiger partial charge >= 0.3 is 0 Å². The normalized spacial score (nSPS) is 10.9. The number of carbonyl (C=O) groups excluding carboxylic acids is 1. The number of carbonyl (C=O) groups is 1. The highest BCUT2D eigenvalue weighted by Crippen LogP contribution is 2.22. The average molecular weight is 434 g/mol. The minimum absolute atomic E-state index is 0. The van der Waals surface area contributed by atoms with Gasteiger partial charge in [0.05, 0.1) is 4.90 Å². The molecule has 0 heterocycles. The van der Waals surface area contributed by atoms with Gasteiger partial charge in [0.25, 0.3) is 5.91 Å². The first kappa shape index (κ1) is 23.2. The van der Waals surface area contributed by atoms with E-state index in [1.165, 1.54) is 12.1 Å². The van der Waals surface area contributed by atoms with Crippen LogP contribution in [-0.2, 0) is 27.8 Å². The lowest BCUT2D eigenvalue weighted by Crippen LogP contribution is -2.21. The molecule has 1 amide bonds. The number of ether oxygens (including phenoxy) is 1. The van der Waals surface area contributed by atoms with Crippen molar-refractivity contribution in [3.63, 3.8) is 0 Å². The molecule has 2 rings (SSSR count). The number of primary sulfonamides is 1. The Hall–Kier alpha value is -1.84. The number of hydrogen-bond acceptors (Lipinski definition) is 5. The number of sulfonamides is 1. The number of halogens is 2. The molecule has 2 aromatic rings. The SMILES string of the molecule is Cl.NC(=O)COc1ccc(Cl)cc1CNCCc1ccc(S(N)(=O)=O)cc1. The average Bonchev–Trinajstić information content (AvgIpc) is 2.57. The zero-order valence-electron chi connectivity index (χ0n) is 14.4. The lowest BCUT2D eigenvalue weighted by atomic mass is 10.1. The Bertz CT molecular complexity index is 874. The second-order valence-corrected chi connectivity index (χ2v) is 7.62. The van der Waals surface area contributed by atoms with Gasteiger partial charge in [-0.05, 0) is 48.9 Å². The fourth-order valence-corrected chi connectivity index (χ4v) is 2.99. The van der Waals surface area contributed by atoms with Crippen LogP contribution in [0.15, 0.2) is 47.4 Å². The molecule has 0 atom stereocenters. The molecule has 5 N–H and O–H groups in total. The van der Waals surface area contributed by atoms with Crippen LogP contribution in [0, 0.1) is 0 Å². The van der Waals surface area contributed by atoms with Gasteiger partial charge in [-0.2, -0.15) is 0 Å². The number of primary amides is 1. The standard InChI is InChI=1S/C17H20ClN3O4S.ClH/c18-14-3-6-16(25-11-17(19)22)13(9-14)10-21-8-7-12-1-4-15(5-2-12)26(20,23)24;/h1-6,9,21H,7-8,10-11H2,(H2,19,22)(H2,20,23,24);1H. The van der Waals surface area contributed by atoms with Gasteiger partial charge in [-0.3, -0.25) is 4.79 Å². The van der Waals surface area contributed by atoms with E-state index in [-0.39, 0.29) is 23.9 Å². The minimum Gasteiger partial charge on any atom is -0.483 e. The van der Waals surface area contributed by atoms with Crippen LogP contribution in [0.2, 0.25) is 5.02 Å². The number of nitrogens with one attached hydrogen (secondary N) is 1. The third-order valence-electron chi connectivity index (χ3n) is 3.55. The monoisotopic (exact) mass is 433 g/mol. The zero-order valence-corrected chi connectivity index (χ0v) is 16.7. The summed E-state index contributed by atoms with van der Waals surface area (Å²) in [4.78, 5) is 11.0. The van der Waals surface area contributed by atoms with Crippen LogP contribution in [-0.4, -0.2) is 27.5 Å². The van der Waals surface area contributed by atoms with Crippen LogP contribution in [0.4, 0.5) is 0 Å². The van der Waals surface area contributed by atoms with Crippen molar-refractivity contribution in [1.29, 1.82) is 0 Å². The van der Waals surface area contributed by atoms with Gasteiger partial charge in [-0.1, -0.05) is 23.7 Å². The van der Waals surface area contributed by atoms with Gasteiger partial charge in [0.2, 0.25) is 10.0 Å². The quantitative estimate of drug-likeness (QED) is 0.517. The Labute approximate surface area is 169 Å². The molecule has 0 aliphatic carbocycles. The van der Waals surface area contributed by atoms with Crippen molar-refractivity contribution in [2.75, 3.05) is 13.2 Å². The van der Waals surface area contributed by atoms with Crippen molar-refractivity contribution in [2.45, 2.75) is 17.9 Å². The molecule has 0 aromatic heterocycles. The predicted molar refractivity (Wildman–Crippen MR) is 107 cm³/mol. The minimum atomic E-state index is -3.68. The van der Waals surface area contributed by atoms with E-state index in [2.05, 4.69) is 5.32 Å². The maximum Gasteiger partial charge on any atom is 0.255 e. The largest absolute Gasteiger partial charge is 0.483 e. The zero-order chi connectivity index (χ0) is 19.2. The summed E-state index contributed by atoms with van der Waals surface area (Å²) in [6, 6.07) is 11.5. The van der Waals surface area contributed by atoms with Crippen LogP contribution in [0.1, 0.15) is 11.1 Å². The van der Waals surface area contributed by atoms with E-state index in [0.29, 0.717) is 30.3 Å². The lowest BCUT2D eigenvalue weighted by molar-refractivity contribution is -0.119. The van der Waals surface area contributed by atoms with E-state index in [0.717, 1.165) is 11.1 Å². The maximum absolute atomic E-state index is 11.2. The fourth-order valence-electron chi connectivity index (χ4n) is 2.28. The number of amides is 1. The molecule has 0 fully saturated rings. The van der Waals surface area contributed by atoms with Gasteiger partial charge in [0.15, 0.2) is 6.61 Å². The number of rotatable bonds is 9. The van der Waals surface area contributed by atoms with E-state index in [1.807, 2.05) is 0 Å². The molecule has 0 aliphatic heterocycles. The summed E-state index contributed by atoms with van der Waals surface area (Å²) in [5, 5.41) is 8.89. The highest BCUT2D eigenvalue weighted by molar-refractivity contribution is 7.89. The van der Waals surface area contributed by atoms with E-state index < -0.39 is 15.9 Å². The van der Waals surface area contributed by atoms with Crippen LogP contribution in [0.3, 0.4) is 0 Å². The van der Waals surface area contributed by atoms with E-state index in [1.54, 1.807) is 30.3 Å². The molecular weight excluding hydrogens is 413 g/mol. The fraction of sp³-hybridized carbons (Fsp3) is 0.235. The first-order valence-corrected chi connectivity index (χ1v) is 9.70. The highest BCUT2D eigenvalue weighted by atomic mass is 35.5. The lowest BCUT2D eigenvalue weighted by Gasteiger charge is -2.12. The second-order valence-electron chi connectivity index (χ2n) is 5.62. The number of hydrogen-bond donors (Lipinski definition) is 3. The second kappa shape index (κ2) is 10.5. The Morgan fingerprint density at radius 3 is 2.41 bits per heavy atom. The topological polar surface area (TPSA) is 125 Å². The smallest absolute Gasteiger partial charge is 0.255 e. The van der Waals surface area contributed by atoms with E-state index >= 15 is 0 Å². The van der Waals surface area contributed by atoms with E-state index in [9.17, 15) is 13.2 Å². The Morgan fingerprint density at radius 1 is 1.15 bits per heavy atom. The summed E-state index contributed by atoms with van der Waals surface area (Å²) in [6.07, 6.45) is 0.697. The molecule has 148 valence electrons. The van der Waals surface area contributed by atoms with Crippen molar-refractivity contribution in [2.24, 2.45) is 10.9 Å². The summed E-state index contributed by atoms with van der Waals surface area (Å²) in [5.74, 6) is -0.0139. The van der Waals surface area contributed by atoms with Crippen molar-refractivity contribution in [3.05, 3.63) is 58.6 Å². The summed E-state index contributed by atoms with van der Waals surface area (Å²) >= 11 is 6.01. The first-order valence-electron chi connectivity index (χ1n) is 7.77. The molecule has 27 heavy (non-hydrogen) atoms. The van der Waals surface area contributed by atoms with Gasteiger partial charge < -0.3 is 15.8 Å². The molecule has 0 spiro atoms. The van der Waals surface area contributed by atoms with Crippen LogP contribution < -0.4 is 20.9 Å². The van der Waals surface area contributed by atoms with Gasteiger partial charge in [0.1, 0.15) is 5.75 Å². The number of nitrogens with two attached hydrogens (primary N) is 2. The van der Waals surface area contributed by atoms with Crippen LogP contribution in [0.5, 0.6) is 5.75 Å². The maximum atomic E-state index is 11.2. The molecule has 0 bridgehead atoms. The third kappa shape index (κ3) is 7.74. The Kier molecular flexibility index (Phi) is 9.01. The van der Waals surface area contributed by atoms with E-state index in [4.69, 9.17) is 27.2 Å². The molecular formula is C17H21Cl2N3O4S. The highest BCUT2D eigenvalue weighted by Gasteiger charge is 2.08. The molecule has 7 nitrogen and oxygen atoms in total. The number of benzene rings is 2.